The maximum absolute atomic E-state index is 8.83. The van der Waals surface area contributed by atoms with Crippen LogP contribution in [0.4, 0.5) is 0 Å². The molecule has 0 amide bonds. The van der Waals surface area contributed by atoms with Gasteiger partial charge in [-0.1, -0.05) is 29.8 Å². The van der Waals surface area contributed by atoms with Gasteiger partial charge < -0.3 is 0 Å². The van der Waals surface area contributed by atoms with Gasteiger partial charge in [-0.15, -0.1) is 0 Å². The second-order valence-corrected chi connectivity index (χ2v) is 3.70. The highest BCUT2D eigenvalue weighted by molar-refractivity contribution is 7.04. The Bertz CT molecular complexity index is 499. The Morgan fingerprint density at radius 2 is 2.14 bits per heavy atom. The van der Waals surface area contributed by atoms with Crippen molar-refractivity contribution in [1.82, 2.24) is 4.37 Å². The van der Waals surface area contributed by atoms with Gasteiger partial charge in [-0.3, -0.25) is 0 Å². The first-order valence-corrected chi connectivity index (χ1v) is 5.14. The largest absolute Gasteiger partial charge is 0.192 e. The third-order valence-electron chi connectivity index (χ3n) is 1.82. The zero-order chi connectivity index (χ0) is 9.97. The monoisotopic (exact) mass is 220 g/mol. The summed E-state index contributed by atoms with van der Waals surface area (Å²) in [5, 5.41) is 11.2. The molecule has 0 aliphatic heterocycles. The van der Waals surface area contributed by atoms with E-state index in [9.17, 15) is 0 Å². The molecule has 0 saturated heterocycles. The van der Waals surface area contributed by atoms with E-state index in [0.717, 1.165) is 5.56 Å². The van der Waals surface area contributed by atoms with Crippen LogP contribution >= 0.6 is 23.1 Å². The molecule has 0 spiro atoms. The van der Waals surface area contributed by atoms with Crippen LogP contribution in [-0.2, 0) is 0 Å². The smallest absolute Gasteiger partial charge is 0.103 e. The Hall–Kier alpha value is -1.37. The van der Waals surface area contributed by atoms with Crippen LogP contribution in [0.5, 0.6) is 0 Å². The molecular weight excluding hydrogens is 216 g/mol. The van der Waals surface area contributed by atoms with Gasteiger partial charge in [-0.25, -0.2) is 0 Å². The summed E-state index contributed by atoms with van der Waals surface area (Å²) in [6, 6.07) is 9.47. The molecule has 0 N–H and O–H groups in total. The molecular formula is C10H5ClN2S. The topological polar surface area (TPSA) is 36.7 Å². The fourth-order valence-electron chi connectivity index (χ4n) is 1.16. The number of benzene rings is 1. The Morgan fingerprint density at radius 3 is 2.86 bits per heavy atom. The fourth-order valence-corrected chi connectivity index (χ4v) is 2.01. The van der Waals surface area contributed by atoms with Gasteiger partial charge in [0.05, 0.1) is 10.6 Å². The summed E-state index contributed by atoms with van der Waals surface area (Å²) in [5.41, 5.74) is 2.05. The minimum Gasteiger partial charge on any atom is -0.192 e. The van der Waals surface area contributed by atoms with Gasteiger partial charge in [0.15, 0.2) is 0 Å². The molecule has 0 radical (unpaired) electrons. The lowest BCUT2D eigenvalue weighted by atomic mass is 10.1. The summed E-state index contributed by atoms with van der Waals surface area (Å²) < 4.78 is 4.15. The normalized spacial score (nSPS) is 9.71. The lowest BCUT2D eigenvalue weighted by Gasteiger charge is -1.99. The number of halogens is 1. The molecule has 0 saturated carbocycles. The van der Waals surface area contributed by atoms with Crippen molar-refractivity contribution in [1.29, 1.82) is 5.26 Å². The molecule has 2 aromatic rings. The summed E-state index contributed by atoms with van der Waals surface area (Å²) in [7, 11) is 0. The summed E-state index contributed by atoms with van der Waals surface area (Å²) >= 11 is 7.26. The maximum Gasteiger partial charge on any atom is 0.103 e. The van der Waals surface area contributed by atoms with E-state index in [-0.39, 0.29) is 0 Å². The van der Waals surface area contributed by atoms with Crippen LogP contribution < -0.4 is 0 Å². The third kappa shape index (κ3) is 1.50. The van der Waals surface area contributed by atoms with Gasteiger partial charge in [-0.05, 0) is 17.6 Å². The summed E-state index contributed by atoms with van der Waals surface area (Å²) in [4.78, 5) is 0. The van der Waals surface area contributed by atoms with Crippen molar-refractivity contribution in [3.63, 3.8) is 0 Å². The molecule has 0 aliphatic carbocycles. The average Bonchev–Trinajstić information content (AvgIpc) is 2.66. The van der Waals surface area contributed by atoms with E-state index in [1.807, 2.05) is 18.2 Å². The van der Waals surface area contributed by atoms with E-state index in [4.69, 9.17) is 16.9 Å². The van der Waals surface area contributed by atoms with Crippen molar-refractivity contribution >= 4 is 23.1 Å². The molecule has 0 bridgehead atoms. The van der Waals surface area contributed by atoms with E-state index in [2.05, 4.69) is 10.4 Å². The fraction of sp³-hybridized carbons (Fsp3) is 0. The molecule has 0 aliphatic rings. The first kappa shape index (κ1) is 9.20. The Morgan fingerprint density at radius 1 is 1.36 bits per heavy atom. The molecule has 0 fully saturated rings. The minimum atomic E-state index is 0.572. The lowest BCUT2D eigenvalue weighted by molar-refractivity contribution is 1.46. The van der Waals surface area contributed by atoms with Crippen molar-refractivity contribution in [2.24, 2.45) is 0 Å². The van der Waals surface area contributed by atoms with Crippen molar-refractivity contribution in [2.45, 2.75) is 0 Å². The zero-order valence-corrected chi connectivity index (χ0v) is 8.64. The van der Waals surface area contributed by atoms with Gasteiger partial charge in [0, 0.05) is 10.9 Å². The van der Waals surface area contributed by atoms with Crippen LogP contribution in [0, 0.1) is 11.3 Å². The van der Waals surface area contributed by atoms with Crippen LogP contribution in [0.15, 0.2) is 29.6 Å². The van der Waals surface area contributed by atoms with E-state index >= 15 is 0 Å². The summed E-state index contributed by atoms with van der Waals surface area (Å²) in [6.07, 6.45) is 0. The van der Waals surface area contributed by atoms with Crippen molar-refractivity contribution < 1.29 is 0 Å². The first-order chi connectivity index (χ1) is 6.83. The average molecular weight is 221 g/mol. The molecule has 0 unspecified atom stereocenters. The molecule has 68 valence electrons. The zero-order valence-electron chi connectivity index (χ0n) is 7.07. The van der Waals surface area contributed by atoms with E-state index in [1.165, 1.54) is 11.5 Å². The molecule has 1 heterocycles. The van der Waals surface area contributed by atoms with E-state index in [1.54, 1.807) is 11.4 Å². The first-order valence-electron chi connectivity index (χ1n) is 3.92. The number of hydrogen-bond acceptors (Lipinski definition) is 3. The van der Waals surface area contributed by atoms with Gasteiger partial charge in [0.1, 0.15) is 11.8 Å². The SMILES string of the molecule is N#Cc1csnc1-c1ccccc1Cl. The van der Waals surface area contributed by atoms with Crippen molar-refractivity contribution in [3.8, 4) is 17.3 Å². The number of nitriles is 1. The molecule has 14 heavy (non-hydrogen) atoms. The van der Waals surface area contributed by atoms with Crippen LogP contribution in [-0.4, -0.2) is 4.37 Å². The Kier molecular flexibility index (Phi) is 2.49. The molecule has 4 heteroatoms. The summed E-state index contributed by atoms with van der Waals surface area (Å²) in [5.74, 6) is 0. The van der Waals surface area contributed by atoms with Crippen LogP contribution in [0.1, 0.15) is 5.56 Å². The molecule has 2 nitrogen and oxygen atoms in total. The summed E-state index contributed by atoms with van der Waals surface area (Å²) in [6.45, 7) is 0. The Labute approximate surface area is 90.6 Å². The molecule has 2 rings (SSSR count). The molecule has 1 aromatic heterocycles. The second-order valence-electron chi connectivity index (χ2n) is 2.67. The Balaban J connectivity index is 2.62. The predicted octanol–water partition coefficient (Wildman–Crippen LogP) is 3.34. The molecule has 1 aromatic carbocycles. The van der Waals surface area contributed by atoms with Crippen molar-refractivity contribution in [3.05, 3.63) is 40.2 Å². The van der Waals surface area contributed by atoms with Gasteiger partial charge in [0.25, 0.3) is 0 Å². The number of aromatic nitrogens is 1. The standard InChI is InChI=1S/C10H5ClN2S/c11-9-4-2-1-3-8(9)10-7(5-12)6-14-13-10/h1-4,6H. The minimum absolute atomic E-state index is 0.572. The lowest BCUT2D eigenvalue weighted by Crippen LogP contribution is -1.81. The highest BCUT2D eigenvalue weighted by atomic mass is 35.5. The quantitative estimate of drug-likeness (QED) is 0.739. The van der Waals surface area contributed by atoms with Gasteiger partial charge in [-0.2, -0.15) is 9.64 Å². The number of nitrogens with zero attached hydrogens (tertiary/aromatic N) is 2. The number of hydrogen-bond donors (Lipinski definition) is 0. The third-order valence-corrected chi connectivity index (χ3v) is 2.78. The van der Waals surface area contributed by atoms with Crippen molar-refractivity contribution in [2.75, 3.05) is 0 Å². The highest BCUT2D eigenvalue weighted by Crippen LogP contribution is 2.29. The van der Waals surface area contributed by atoms with E-state index in [0.29, 0.717) is 16.3 Å². The maximum atomic E-state index is 8.83. The predicted molar refractivity (Wildman–Crippen MR) is 57.3 cm³/mol. The van der Waals surface area contributed by atoms with Gasteiger partial charge in [0.2, 0.25) is 0 Å². The molecule has 0 atom stereocenters. The van der Waals surface area contributed by atoms with Gasteiger partial charge >= 0.3 is 0 Å². The number of rotatable bonds is 1. The van der Waals surface area contributed by atoms with Crippen LogP contribution in [0.2, 0.25) is 5.02 Å². The van der Waals surface area contributed by atoms with E-state index < -0.39 is 0 Å². The van der Waals surface area contributed by atoms with Crippen LogP contribution in [0.3, 0.4) is 0 Å². The second kappa shape index (κ2) is 3.79. The highest BCUT2D eigenvalue weighted by Gasteiger charge is 2.10. The van der Waals surface area contributed by atoms with Crippen LogP contribution in [0.25, 0.3) is 11.3 Å².